The van der Waals surface area contributed by atoms with Crippen LogP contribution in [0.2, 0.25) is 0 Å². The van der Waals surface area contributed by atoms with Crippen LogP contribution < -0.4 is 0 Å². The Kier molecular flexibility index (Phi) is 6.08. The maximum atomic E-state index is 14.0. The fraction of sp³-hybridized carbons (Fsp3) is 0.111. The average Bonchev–Trinajstić information content (AvgIpc) is 3.10. The lowest BCUT2D eigenvalue weighted by molar-refractivity contribution is -0.120. The summed E-state index contributed by atoms with van der Waals surface area (Å²) in [7, 11) is 0. The van der Waals surface area contributed by atoms with Crippen molar-refractivity contribution in [2.75, 3.05) is 0 Å². The Hall–Kier alpha value is -3.92. The van der Waals surface area contributed by atoms with Crippen LogP contribution in [0, 0.1) is 5.92 Å². The zero-order chi connectivity index (χ0) is 21.6. The van der Waals surface area contributed by atoms with E-state index in [-0.39, 0.29) is 11.6 Å². The Morgan fingerprint density at radius 2 is 1.39 bits per heavy atom. The predicted octanol–water partition coefficient (Wildman–Crippen LogP) is 5.25. The molecule has 0 aliphatic heterocycles. The Balaban J connectivity index is 1.83. The molecule has 31 heavy (non-hydrogen) atoms. The normalized spacial score (nSPS) is 17.2. The van der Waals surface area contributed by atoms with Gasteiger partial charge in [0.25, 0.3) is 0 Å². The third-order valence-electron chi connectivity index (χ3n) is 5.35. The van der Waals surface area contributed by atoms with Crippen molar-refractivity contribution in [2.45, 2.75) is 12.8 Å². The van der Waals surface area contributed by atoms with E-state index in [0.29, 0.717) is 16.8 Å². The first-order valence-corrected chi connectivity index (χ1v) is 10.2. The molecule has 0 radical (unpaired) electrons. The molecule has 0 bridgehead atoms. The molecule has 3 aromatic rings. The summed E-state index contributed by atoms with van der Waals surface area (Å²) in [5.74, 6) is -1.99. The molecule has 3 aromatic carbocycles. The zero-order valence-electron chi connectivity index (χ0n) is 17.2. The molecule has 152 valence electrons. The summed E-state index contributed by atoms with van der Waals surface area (Å²) in [4.78, 5) is 27.3. The van der Waals surface area contributed by atoms with Crippen molar-refractivity contribution in [2.24, 2.45) is 16.1 Å². The van der Waals surface area contributed by atoms with Gasteiger partial charge in [0.1, 0.15) is 5.92 Å². The molecule has 0 N–H and O–H groups in total. The van der Waals surface area contributed by atoms with Crippen LogP contribution in [0.5, 0.6) is 0 Å². The van der Waals surface area contributed by atoms with Gasteiger partial charge in [-0.3, -0.25) is 9.59 Å². The van der Waals surface area contributed by atoms with E-state index in [1.54, 1.807) is 24.4 Å². The minimum absolute atomic E-state index is 0.196. The molecule has 0 spiro atoms. The number of benzene rings is 3. The summed E-state index contributed by atoms with van der Waals surface area (Å²) in [6.07, 6.45) is 5.13. The summed E-state index contributed by atoms with van der Waals surface area (Å²) in [6, 6.07) is 26.3. The van der Waals surface area contributed by atoms with Gasteiger partial charge in [-0.2, -0.15) is 10.2 Å². The van der Waals surface area contributed by atoms with Crippen molar-refractivity contribution < 1.29 is 9.59 Å². The van der Waals surface area contributed by atoms with Crippen molar-refractivity contribution in [3.8, 4) is 0 Å². The van der Waals surface area contributed by atoms with Crippen molar-refractivity contribution in [1.29, 1.82) is 0 Å². The maximum absolute atomic E-state index is 14.0. The average molecular weight is 406 g/mol. The number of allylic oxidation sites excluding steroid dienone is 2. The Morgan fingerprint density at radius 1 is 0.839 bits per heavy atom. The van der Waals surface area contributed by atoms with Crippen molar-refractivity contribution in [3.05, 3.63) is 119 Å². The van der Waals surface area contributed by atoms with Crippen molar-refractivity contribution >= 4 is 23.5 Å². The number of hydrogen-bond donors (Lipinski definition) is 0. The van der Waals surface area contributed by atoms with E-state index >= 15 is 0 Å². The lowest BCUT2D eigenvalue weighted by Gasteiger charge is -2.20. The predicted molar refractivity (Wildman–Crippen MR) is 124 cm³/mol. The highest BCUT2D eigenvalue weighted by Crippen LogP contribution is 2.35. The standard InChI is InChI=1S/C27H22N2O2/c1-2-3-18-28-29-25-21-16-10-11-17-22(21)26(30)24(25)27(31)23(19-12-6-4-7-13-19)20-14-8-5-9-15-20/h2-18,23-24H,1H3/b3-2+,28-18+,29-25-. The lowest BCUT2D eigenvalue weighted by atomic mass is 9.80. The monoisotopic (exact) mass is 406 g/mol. The van der Waals surface area contributed by atoms with Crippen LogP contribution in [0.25, 0.3) is 0 Å². The summed E-state index contributed by atoms with van der Waals surface area (Å²) in [6.45, 7) is 1.88. The second-order valence-corrected chi connectivity index (χ2v) is 7.28. The first-order valence-electron chi connectivity index (χ1n) is 10.2. The SMILES string of the molecule is C/C=C/C=N/N=C1/c2ccccc2C(=O)C1C(=O)C(c1ccccc1)c1ccccc1. The molecule has 1 atom stereocenters. The quantitative estimate of drug-likeness (QED) is 0.319. The van der Waals surface area contributed by atoms with Crippen LogP contribution >= 0.6 is 0 Å². The van der Waals surface area contributed by atoms with E-state index in [4.69, 9.17) is 0 Å². The molecular formula is C27H22N2O2. The van der Waals surface area contributed by atoms with Gasteiger partial charge in [0.05, 0.1) is 11.6 Å². The Morgan fingerprint density at radius 3 is 1.97 bits per heavy atom. The molecule has 4 nitrogen and oxygen atoms in total. The molecule has 0 saturated heterocycles. The second-order valence-electron chi connectivity index (χ2n) is 7.28. The third kappa shape index (κ3) is 4.05. The summed E-state index contributed by atoms with van der Waals surface area (Å²) in [5, 5.41) is 8.40. The van der Waals surface area contributed by atoms with Gasteiger partial charge in [0.15, 0.2) is 11.6 Å². The van der Waals surface area contributed by atoms with Gasteiger partial charge in [0.2, 0.25) is 0 Å². The summed E-state index contributed by atoms with van der Waals surface area (Å²) < 4.78 is 0. The first kappa shape index (κ1) is 20.4. The van der Waals surface area contributed by atoms with E-state index < -0.39 is 11.8 Å². The van der Waals surface area contributed by atoms with E-state index in [9.17, 15) is 9.59 Å². The molecule has 1 unspecified atom stereocenters. The topological polar surface area (TPSA) is 58.9 Å². The highest BCUT2D eigenvalue weighted by Gasteiger charge is 2.44. The molecule has 4 rings (SSSR count). The molecule has 1 aliphatic rings. The molecular weight excluding hydrogens is 384 g/mol. The van der Waals surface area contributed by atoms with Gasteiger partial charge in [-0.05, 0) is 24.1 Å². The van der Waals surface area contributed by atoms with Crippen LogP contribution in [-0.2, 0) is 4.79 Å². The molecule has 0 fully saturated rings. The van der Waals surface area contributed by atoms with E-state index in [1.807, 2.05) is 85.8 Å². The van der Waals surface area contributed by atoms with Crippen molar-refractivity contribution in [1.82, 2.24) is 0 Å². The summed E-state index contributed by atoms with van der Waals surface area (Å²) in [5.41, 5.74) is 3.28. The largest absolute Gasteiger partial charge is 0.297 e. The second kappa shape index (κ2) is 9.26. The summed E-state index contributed by atoms with van der Waals surface area (Å²) >= 11 is 0. The number of nitrogens with zero attached hydrogens (tertiary/aromatic N) is 2. The lowest BCUT2D eigenvalue weighted by Crippen LogP contribution is -2.31. The number of rotatable bonds is 6. The minimum Gasteiger partial charge on any atom is -0.297 e. The molecule has 4 heteroatoms. The number of carbonyl (C=O) groups excluding carboxylic acids is 2. The third-order valence-corrected chi connectivity index (χ3v) is 5.35. The maximum Gasteiger partial charge on any atom is 0.180 e. The fourth-order valence-electron chi connectivity index (χ4n) is 3.93. The molecule has 0 saturated carbocycles. The number of hydrogen-bond acceptors (Lipinski definition) is 4. The van der Waals surface area contributed by atoms with Gasteiger partial charge in [-0.25, -0.2) is 0 Å². The smallest absolute Gasteiger partial charge is 0.180 e. The minimum atomic E-state index is -0.995. The van der Waals surface area contributed by atoms with Gasteiger partial charge in [-0.1, -0.05) is 91.0 Å². The van der Waals surface area contributed by atoms with Gasteiger partial charge in [0, 0.05) is 17.3 Å². The highest BCUT2D eigenvalue weighted by atomic mass is 16.2. The zero-order valence-corrected chi connectivity index (χ0v) is 17.2. The Bertz CT molecular complexity index is 1140. The van der Waals surface area contributed by atoms with E-state index in [2.05, 4.69) is 10.2 Å². The van der Waals surface area contributed by atoms with Gasteiger partial charge in [-0.15, -0.1) is 0 Å². The number of ketones is 2. The van der Waals surface area contributed by atoms with Gasteiger partial charge < -0.3 is 0 Å². The molecule has 0 heterocycles. The first-order chi connectivity index (χ1) is 15.2. The van der Waals surface area contributed by atoms with Gasteiger partial charge >= 0.3 is 0 Å². The number of fused-ring (bicyclic) bond motifs is 1. The van der Waals surface area contributed by atoms with Crippen LogP contribution in [0.1, 0.15) is 39.9 Å². The van der Waals surface area contributed by atoms with Crippen LogP contribution in [0.4, 0.5) is 0 Å². The van der Waals surface area contributed by atoms with E-state index in [0.717, 1.165) is 11.1 Å². The fourth-order valence-corrected chi connectivity index (χ4v) is 3.93. The van der Waals surface area contributed by atoms with E-state index in [1.165, 1.54) is 0 Å². The van der Waals surface area contributed by atoms with Crippen LogP contribution in [0.15, 0.2) is 107 Å². The van der Waals surface area contributed by atoms with Crippen molar-refractivity contribution in [3.63, 3.8) is 0 Å². The molecule has 1 aliphatic carbocycles. The highest BCUT2D eigenvalue weighted by molar-refractivity contribution is 6.38. The molecule has 0 amide bonds. The Labute approximate surface area is 181 Å². The van der Waals surface area contributed by atoms with Crippen LogP contribution in [-0.4, -0.2) is 23.5 Å². The van der Waals surface area contributed by atoms with Crippen LogP contribution in [0.3, 0.4) is 0 Å². The number of carbonyl (C=O) groups is 2. The number of Topliss-reactive ketones (excluding diaryl/α,β-unsaturated/α-hetero) is 2. The molecule has 0 aromatic heterocycles.